The van der Waals surface area contributed by atoms with Crippen molar-refractivity contribution in [2.75, 3.05) is 6.61 Å². The van der Waals surface area contributed by atoms with Crippen molar-refractivity contribution in [2.45, 2.75) is 39.0 Å². The standard InChI is InChI=1S/C19H24O/c1-3-16(2)18-11-13-19(14-12-18)20-15-7-10-17-8-5-4-6-9-17/h4-6,8-9,11-14,16H,3,7,10,15H2,1-2H3. The van der Waals surface area contributed by atoms with Crippen molar-refractivity contribution in [1.29, 1.82) is 0 Å². The lowest BCUT2D eigenvalue weighted by Crippen LogP contribution is -1.99. The maximum absolute atomic E-state index is 5.80. The number of rotatable bonds is 7. The van der Waals surface area contributed by atoms with Gasteiger partial charge in [0.25, 0.3) is 0 Å². The van der Waals surface area contributed by atoms with Gasteiger partial charge in [0.1, 0.15) is 5.75 Å². The largest absolute Gasteiger partial charge is 0.494 e. The highest BCUT2D eigenvalue weighted by Gasteiger charge is 2.02. The molecule has 2 aromatic carbocycles. The highest BCUT2D eigenvalue weighted by Crippen LogP contribution is 2.21. The van der Waals surface area contributed by atoms with E-state index < -0.39 is 0 Å². The molecule has 0 saturated heterocycles. The van der Waals surface area contributed by atoms with E-state index in [2.05, 4.69) is 68.4 Å². The zero-order chi connectivity index (χ0) is 14.2. The molecule has 2 rings (SSSR count). The van der Waals surface area contributed by atoms with Crippen molar-refractivity contribution in [3.8, 4) is 5.75 Å². The fraction of sp³-hybridized carbons (Fsp3) is 0.368. The van der Waals surface area contributed by atoms with Crippen LogP contribution >= 0.6 is 0 Å². The van der Waals surface area contributed by atoms with Gasteiger partial charge in [0.05, 0.1) is 6.61 Å². The van der Waals surface area contributed by atoms with Gasteiger partial charge in [0.2, 0.25) is 0 Å². The zero-order valence-corrected chi connectivity index (χ0v) is 12.5. The van der Waals surface area contributed by atoms with Gasteiger partial charge >= 0.3 is 0 Å². The van der Waals surface area contributed by atoms with Crippen molar-refractivity contribution in [3.63, 3.8) is 0 Å². The Balaban J connectivity index is 1.74. The first-order valence-corrected chi connectivity index (χ1v) is 7.56. The Kier molecular flexibility index (Phi) is 5.67. The molecule has 0 amide bonds. The molecule has 0 aliphatic carbocycles. The lowest BCUT2D eigenvalue weighted by Gasteiger charge is -2.10. The predicted octanol–water partition coefficient (Wildman–Crippen LogP) is 5.21. The van der Waals surface area contributed by atoms with Crippen LogP contribution in [-0.2, 0) is 6.42 Å². The number of ether oxygens (including phenoxy) is 1. The molecule has 0 aliphatic heterocycles. The molecule has 0 aromatic heterocycles. The molecular weight excluding hydrogens is 244 g/mol. The first kappa shape index (κ1) is 14.6. The number of aryl methyl sites for hydroxylation is 1. The first-order chi connectivity index (χ1) is 9.79. The molecule has 106 valence electrons. The molecule has 0 saturated carbocycles. The summed E-state index contributed by atoms with van der Waals surface area (Å²) in [4.78, 5) is 0. The lowest BCUT2D eigenvalue weighted by atomic mass is 9.99. The van der Waals surface area contributed by atoms with Crippen LogP contribution in [0.2, 0.25) is 0 Å². The SMILES string of the molecule is CCC(C)c1ccc(OCCCc2ccccc2)cc1. The summed E-state index contributed by atoms with van der Waals surface area (Å²) in [6, 6.07) is 19.1. The smallest absolute Gasteiger partial charge is 0.119 e. The summed E-state index contributed by atoms with van der Waals surface area (Å²) in [5.74, 6) is 1.60. The van der Waals surface area contributed by atoms with Gasteiger partial charge in [0.15, 0.2) is 0 Å². The van der Waals surface area contributed by atoms with Crippen LogP contribution in [-0.4, -0.2) is 6.61 Å². The molecule has 0 heterocycles. The van der Waals surface area contributed by atoms with Crippen LogP contribution in [0.1, 0.15) is 43.7 Å². The van der Waals surface area contributed by atoms with E-state index in [0.717, 1.165) is 25.2 Å². The van der Waals surface area contributed by atoms with Gasteiger partial charge in [-0.1, -0.05) is 56.3 Å². The Bertz CT molecular complexity index is 487. The molecule has 0 spiro atoms. The molecule has 0 fully saturated rings. The second-order valence-electron chi connectivity index (χ2n) is 5.32. The molecule has 20 heavy (non-hydrogen) atoms. The third kappa shape index (κ3) is 4.41. The van der Waals surface area contributed by atoms with Crippen LogP contribution in [0.3, 0.4) is 0 Å². The molecule has 0 aliphatic rings. The summed E-state index contributed by atoms with van der Waals surface area (Å²) < 4.78 is 5.80. The number of hydrogen-bond acceptors (Lipinski definition) is 1. The maximum Gasteiger partial charge on any atom is 0.119 e. The molecule has 2 aromatic rings. The van der Waals surface area contributed by atoms with Gasteiger partial charge in [-0.3, -0.25) is 0 Å². The zero-order valence-electron chi connectivity index (χ0n) is 12.5. The van der Waals surface area contributed by atoms with Gasteiger partial charge in [0, 0.05) is 0 Å². The maximum atomic E-state index is 5.80. The molecule has 1 atom stereocenters. The van der Waals surface area contributed by atoms with Crippen LogP contribution < -0.4 is 4.74 Å². The Morgan fingerprint density at radius 3 is 2.30 bits per heavy atom. The van der Waals surface area contributed by atoms with Crippen LogP contribution in [0.15, 0.2) is 54.6 Å². The summed E-state index contributed by atoms with van der Waals surface area (Å²) >= 11 is 0. The van der Waals surface area contributed by atoms with Crippen LogP contribution in [0, 0.1) is 0 Å². The van der Waals surface area contributed by atoms with Gasteiger partial charge in [-0.25, -0.2) is 0 Å². The second-order valence-corrected chi connectivity index (χ2v) is 5.32. The number of hydrogen-bond donors (Lipinski definition) is 0. The second kappa shape index (κ2) is 7.74. The van der Waals surface area contributed by atoms with Gasteiger partial charge in [-0.2, -0.15) is 0 Å². The fourth-order valence-electron chi connectivity index (χ4n) is 2.24. The normalized spacial score (nSPS) is 12.1. The highest BCUT2D eigenvalue weighted by molar-refractivity contribution is 5.29. The Morgan fingerprint density at radius 2 is 1.65 bits per heavy atom. The summed E-state index contributed by atoms with van der Waals surface area (Å²) in [5.41, 5.74) is 2.77. The molecule has 1 nitrogen and oxygen atoms in total. The van der Waals surface area contributed by atoms with E-state index in [4.69, 9.17) is 4.74 Å². The molecule has 0 N–H and O–H groups in total. The van der Waals surface area contributed by atoms with E-state index in [1.807, 2.05) is 0 Å². The van der Waals surface area contributed by atoms with Crippen LogP contribution in [0.5, 0.6) is 5.75 Å². The van der Waals surface area contributed by atoms with Crippen molar-refractivity contribution in [1.82, 2.24) is 0 Å². The Morgan fingerprint density at radius 1 is 0.950 bits per heavy atom. The van der Waals surface area contributed by atoms with Crippen molar-refractivity contribution in [3.05, 3.63) is 65.7 Å². The van der Waals surface area contributed by atoms with Crippen LogP contribution in [0.4, 0.5) is 0 Å². The molecule has 0 bridgehead atoms. The average Bonchev–Trinajstić information content (AvgIpc) is 2.52. The minimum absolute atomic E-state index is 0.627. The lowest BCUT2D eigenvalue weighted by molar-refractivity contribution is 0.311. The van der Waals surface area contributed by atoms with E-state index in [1.54, 1.807) is 0 Å². The van der Waals surface area contributed by atoms with E-state index >= 15 is 0 Å². The monoisotopic (exact) mass is 268 g/mol. The minimum atomic E-state index is 0.627. The van der Waals surface area contributed by atoms with Crippen molar-refractivity contribution < 1.29 is 4.74 Å². The Labute approximate surface area is 122 Å². The summed E-state index contributed by atoms with van der Waals surface area (Å²) in [6.07, 6.45) is 3.31. The third-order valence-corrected chi connectivity index (χ3v) is 3.78. The number of benzene rings is 2. The van der Waals surface area contributed by atoms with E-state index in [1.165, 1.54) is 17.5 Å². The predicted molar refractivity (Wildman–Crippen MR) is 85.4 cm³/mol. The van der Waals surface area contributed by atoms with Gasteiger partial charge < -0.3 is 4.74 Å². The fourth-order valence-corrected chi connectivity index (χ4v) is 2.24. The third-order valence-electron chi connectivity index (χ3n) is 3.78. The molecule has 1 unspecified atom stereocenters. The van der Waals surface area contributed by atoms with Crippen molar-refractivity contribution in [2.24, 2.45) is 0 Å². The summed E-state index contributed by atoms with van der Waals surface area (Å²) in [7, 11) is 0. The molecule has 0 radical (unpaired) electrons. The highest BCUT2D eigenvalue weighted by atomic mass is 16.5. The van der Waals surface area contributed by atoms with E-state index in [-0.39, 0.29) is 0 Å². The Hall–Kier alpha value is -1.76. The van der Waals surface area contributed by atoms with Crippen molar-refractivity contribution >= 4 is 0 Å². The van der Waals surface area contributed by atoms with Gasteiger partial charge in [-0.05, 0) is 48.4 Å². The van der Waals surface area contributed by atoms with Crippen LogP contribution in [0.25, 0.3) is 0 Å². The van der Waals surface area contributed by atoms with Gasteiger partial charge in [-0.15, -0.1) is 0 Å². The minimum Gasteiger partial charge on any atom is -0.494 e. The first-order valence-electron chi connectivity index (χ1n) is 7.56. The molecular formula is C19H24O. The summed E-state index contributed by atoms with van der Waals surface area (Å²) in [6.45, 7) is 5.26. The van der Waals surface area contributed by atoms with E-state index in [9.17, 15) is 0 Å². The average molecular weight is 268 g/mol. The quantitative estimate of drug-likeness (QED) is 0.626. The topological polar surface area (TPSA) is 9.23 Å². The summed E-state index contributed by atoms with van der Waals surface area (Å²) in [5, 5.41) is 0. The van der Waals surface area contributed by atoms with E-state index in [0.29, 0.717) is 5.92 Å². The molecule has 1 heteroatoms.